The number of nitrogens with one attached hydrogen (secondary N) is 1. The highest BCUT2D eigenvalue weighted by molar-refractivity contribution is 5.80. The summed E-state index contributed by atoms with van der Waals surface area (Å²) in [5.74, 6) is -1.24. The van der Waals surface area contributed by atoms with E-state index in [0.717, 1.165) is 77.0 Å². The second kappa shape index (κ2) is 33.8. The van der Waals surface area contributed by atoms with Gasteiger partial charge in [0.25, 0.3) is 0 Å². The Balaban J connectivity index is 4.16. The number of carboxylic acid groups (broad SMARTS) is 1. The van der Waals surface area contributed by atoms with E-state index in [1.807, 2.05) is 0 Å². The van der Waals surface area contributed by atoms with Gasteiger partial charge in [0.15, 0.2) is 0 Å². The number of rotatable bonds is 33. The zero-order chi connectivity index (χ0) is 32.4. The van der Waals surface area contributed by atoms with Crippen molar-refractivity contribution in [3.05, 3.63) is 24.3 Å². The average Bonchev–Trinajstić information content (AvgIpc) is 3.00. The largest absolute Gasteiger partial charge is 0.480 e. The summed E-state index contributed by atoms with van der Waals surface area (Å²) < 4.78 is 5.98. The minimum atomic E-state index is -1.02. The summed E-state index contributed by atoms with van der Waals surface area (Å²) in [6, 6.07) is 0. The number of hydrogen-bond donors (Lipinski definition) is 2. The van der Waals surface area contributed by atoms with E-state index in [1.54, 1.807) is 0 Å². The predicted octanol–water partition coefficient (Wildman–Crippen LogP) is 10.8. The molecule has 256 valence electrons. The average molecular weight is 620 g/mol. The zero-order valence-electron chi connectivity index (χ0n) is 28.8. The Morgan fingerprint density at radius 1 is 0.591 bits per heavy atom. The van der Waals surface area contributed by atoms with Crippen molar-refractivity contribution in [2.24, 2.45) is 0 Å². The lowest BCUT2D eigenvalue weighted by Gasteiger charge is -2.18. The van der Waals surface area contributed by atoms with Crippen molar-refractivity contribution < 1.29 is 24.2 Å². The Kier molecular flexibility index (Phi) is 32.2. The highest BCUT2D eigenvalue weighted by Crippen LogP contribution is 2.19. The van der Waals surface area contributed by atoms with Gasteiger partial charge >= 0.3 is 11.9 Å². The lowest BCUT2D eigenvalue weighted by atomic mass is 10.0. The highest BCUT2D eigenvalue weighted by atomic mass is 16.5. The minimum absolute atomic E-state index is 0.0254. The fourth-order valence-corrected chi connectivity index (χ4v) is 5.38. The van der Waals surface area contributed by atoms with Crippen molar-refractivity contribution in [3.63, 3.8) is 0 Å². The quantitative estimate of drug-likeness (QED) is 0.0433. The Labute approximate surface area is 271 Å². The first-order valence-corrected chi connectivity index (χ1v) is 18.5. The lowest BCUT2D eigenvalue weighted by Crippen LogP contribution is -2.28. The number of allylic oxidation sites excluding steroid dienone is 4. The number of ether oxygens (including phenoxy) is 1. The van der Waals surface area contributed by atoms with Gasteiger partial charge in [-0.2, -0.15) is 0 Å². The molecule has 0 spiro atoms. The molecule has 0 aromatic carbocycles. The van der Waals surface area contributed by atoms with E-state index in [1.165, 1.54) is 83.5 Å². The third kappa shape index (κ3) is 32.8. The van der Waals surface area contributed by atoms with E-state index >= 15 is 0 Å². The monoisotopic (exact) mass is 620 g/mol. The molecule has 0 bridgehead atoms. The summed E-state index contributed by atoms with van der Waals surface area (Å²) in [4.78, 5) is 34.8. The Morgan fingerprint density at radius 3 is 1.66 bits per heavy atom. The van der Waals surface area contributed by atoms with Crippen molar-refractivity contribution in [1.29, 1.82) is 0 Å². The zero-order valence-corrected chi connectivity index (χ0v) is 28.8. The fourth-order valence-electron chi connectivity index (χ4n) is 5.38. The van der Waals surface area contributed by atoms with Crippen molar-refractivity contribution in [2.75, 3.05) is 6.54 Å². The van der Waals surface area contributed by atoms with E-state index in [2.05, 4.69) is 43.5 Å². The maximum atomic E-state index is 12.6. The van der Waals surface area contributed by atoms with Crippen LogP contribution in [0.5, 0.6) is 0 Å². The molecular weight excluding hydrogens is 550 g/mol. The lowest BCUT2D eigenvalue weighted by molar-refractivity contribution is -0.150. The molecule has 1 amide bonds. The van der Waals surface area contributed by atoms with Gasteiger partial charge in [0, 0.05) is 12.8 Å². The molecule has 0 aliphatic heterocycles. The van der Waals surface area contributed by atoms with Gasteiger partial charge in [0.05, 0.1) is 0 Å². The molecule has 6 nitrogen and oxygen atoms in total. The molecule has 0 aromatic rings. The summed E-state index contributed by atoms with van der Waals surface area (Å²) >= 11 is 0. The molecule has 0 rings (SSSR count). The van der Waals surface area contributed by atoms with Gasteiger partial charge in [0.2, 0.25) is 5.91 Å². The van der Waals surface area contributed by atoms with Crippen LogP contribution in [0.4, 0.5) is 0 Å². The van der Waals surface area contributed by atoms with Crippen LogP contribution in [0.25, 0.3) is 0 Å². The van der Waals surface area contributed by atoms with E-state index in [0.29, 0.717) is 12.8 Å². The van der Waals surface area contributed by atoms with Crippen LogP contribution in [0, 0.1) is 0 Å². The number of carbonyl (C=O) groups is 3. The van der Waals surface area contributed by atoms with Crippen LogP contribution < -0.4 is 5.32 Å². The normalized spacial score (nSPS) is 12.2. The summed E-state index contributed by atoms with van der Waals surface area (Å²) in [6.45, 7) is 4.15. The SMILES string of the molecule is CCC/C=C\C/C=C\CCCCCCCC(=O)OC(CCCCCCCCCCC)CCCCCCCC(=O)NCC(=O)O. The molecule has 0 radical (unpaired) electrons. The van der Waals surface area contributed by atoms with E-state index in [-0.39, 0.29) is 24.5 Å². The maximum Gasteiger partial charge on any atom is 0.322 e. The van der Waals surface area contributed by atoms with Gasteiger partial charge in [0.1, 0.15) is 12.6 Å². The molecule has 44 heavy (non-hydrogen) atoms. The molecule has 0 saturated carbocycles. The molecule has 6 heteroatoms. The van der Waals surface area contributed by atoms with Crippen LogP contribution in [0.1, 0.15) is 187 Å². The number of carbonyl (C=O) groups excluding carboxylic acids is 2. The maximum absolute atomic E-state index is 12.6. The predicted molar refractivity (Wildman–Crippen MR) is 185 cm³/mol. The number of amides is 1. The molecule has 0 fully saturated rings. The molecular formula is C38H69NO5. The molecule has 0 heterocycles. The smallest absolute Gasteiger partial charge is 0.322 e. The molecule has 0 aliphatic carbocycles. The summed E-state index contributed by atoms with van der Waals surface area (Å²) in [5, 5.41) is 11.0. The first-order chi connectivity index (χ1) is 21.5. The van der Waals surface area contributed by atoms with Gasteiger partial charge in [-0.15, -0.1) is 0 Å². The number of aliphatic carboxylic acids is 1. The van der Waals surface area contributed by atoms with Crippen LogP contribution in [0.15, 0.2) is 24.3 Å². The standard InChI is InChI=1S/C38H69NO5/c1-3-5-7-9-11-13-14-15-16-18-20-25-29-33-38(43)44-35(30-26-22-19-17-12-10-8-6-4-2)31-27-23-21-24-28-32-36(40)39-34-37(41)42/h7,9,13-14,35H,3-6,8,10-12,15-34H2,1-2H3,(H,39,40)(H,41,42)/b9-7-,14-13-. The fraction of sp³-hybridized carbons (Fsp3) is 0.816. The third-order valence-electron chi connectivity index (χ3n) is 8.11. The van der Waals surface area contributed by atoms with Gasteiger partial charge < -0.3 is 15.2 Å². The Hall–Kier alpha value is -2.11. The van der Waals surface area contributed by atoms with Crippen molar-refractivity contribution in [3.8, 4) is 0 Å². The Bertz CT molecular complexity index is 733. The van der Waals surface area contributed by atoms with Crippen LogP contribution in [0.2, 0.25) is 0 Å². The molecule has 0 saturated heterocycles. The van der Waals surface area contributed by atoms with Crippen LogP contribution in [0.3, 0.4) is 0 Å². The number of carboxylic acids is 1. The second-order valence-electron chi connectivity index (χ2n) is 12.5. The molecule has 0 aliphatic rings. The number of unbranched alkanes of at least 4 members (excludes halogenated alkanes) is 18. The van der Waals surface area contributed by atoms with Crippen molar-refractivity contribution in [1.82, 2.24) is 5.32 Å². The van der Waals surface area contributed by atoms with Crippen LogP contribution in [-0.4, -0.2) is 35.6 Å². The van der Waals surface area contributed by atoms with Gasteiger partial charge in [-0.25, -0.2) is 0 Å². The molecule has 1 unspecified atom stereocenters. The minimum Gasteiger partial charge on any atom is -0.480 e. The van der Waals surface area contributed by atoms with Gasteiger partial charge in [-0.05, 0) is 64.2 Å². The topological polar surface area (TPSA) is 92.7 Å². The number of esters is 1. The summed E-state index contributed by atoms with van der Waals surface area (Å²) in [6.07, 6.45) is 38.6. The van der Waals surface area contributed by atoms with Gasteiger partial charge in [-0.3, -0.25) is 14.4 Å². The number of hydrogen-bond acceptors (Lipinski definition) is 4. The van der Waals surface area contributed by atoms with Gasteiger partial charge in [-0.1, -0.05) is 134 Å². The highest BCUT2D eigenvalue weighted by Gasteiger charge is 2.14. The second-order valence-corrected chi connectivity index (χ2v) is 12.5. The summed E-state index contributed by atoms with van der Waals surface area (Å²) in [7, 11) is 0. The van der Waals surface area contributed by atoms with E-state index in [4.69, 9.17) is 9.84 Å². The molecule has 0 aromatic heterocycles. The molecule has 1 atom stereocenters. The summed E-state index contributed by atoms with van der Waals surface area (Å²) in [5.41, 5.74) is 0. The van der Waals surface area contributed by atoms with E-state index < -0.39 is 5.97 Å². The van der Waals surface area contributed by atoms with E-state index in [9.17, 15) is 14.4 Å². The van der Waals surface area contributed by atoms with Crippen LogP contribution >= 0.6 is 0 Å². The first kappa shape index (κ1) is 41.9. The Morgan fingerprint density at radius 2 is 1.09 bits per heavy atom. The molecule has 2 N–H and O–H groups in total. The third-order valence-corrected chi connectivity index (χ3v) is 8.11. The first-order valence-electron chi connectivity index (χ1n) is 18.5. The van der Waals surface area contributed by atoms with Crippen molar-refractivity contribution >= 4 is 17.8 Å². The van der Waals surface area contributed by atoms with Crippen LogP contribution in [-0.2, 0) is 19.1 Å². The van der Waals surface area contributed by atoms with Crippen molar-refractivity contribution in [2.45, 2.75) is 193 Å².